The Labute approximate surface area is 104 Å². The van der Waals surface area contributed by atoms with Crippen molar-refractivity contribution in [2.45, 2.75) is 32.2 Å². The Morgan fingerprint density at radius 3 is 2.41 bits per heavy atom. The molecule has 5 nitrogen and oxygen atoms in total. The molecule has 1 aliphatic rings. The minimum Gasteiger partial charge on any atom is -0.396 e. The van der Waals surface area contributed by atoms with E-state index in [2.05, 4.69) is 4.90 Å². The molecule has 0 aromatic heterocycles. The van der Waals surface area contributed by atoms with Crippen molar-refractivity contribution < 1.29 is 13.5 Å². The van der Waals surface area contributed by atoms with Gasteiger partial charge in [0.25, 0.3) is 0 Å². The summed E-state index contributed by atoms with van der Waals surface area (Å²) in [5.74, 6) is 0.175. The van der Waals surface area contributed by atoms with Crippen LogP contribution in [0.3, 0.4) is 0 Å². The van der Waals surface area contributed by atoms with Crippen LogP contribution in [-0.4, -0.2) is 67.8 Å². The third-order valence-corrected chi connectivity index (χ3v) is 5.41. The van der Waals surface area contributed by atoms with Gasteiger partial charge in [0, 0.05) is 26.2 Å². The maximum Gasteiger partial charge on any atom is 0.213 e. The third-order valence-electron chi connectivity index (χ3n) is 3.51. The topological polar surface area (TPSA) is 60.9 Å². The second kappa shape index (κ2) is 6.68. The van der Waals surface area contributed by atoms with Crippen LogP contribution < -0.4 is 0 Å². The molecule has 1 aliphatic heterocycles. The Hall–Kier alpha value is -0.170. The SMILES string of the molecule is CCS(=O)(=O)N(C)C1CCN(CCCO)CC1. The quantitative estimate of drug-likeness (QED) is 0.740. The first kappa shape index (κ1) is 14.9. The average molecular weight is 264 g/mol. The molecule has 1 N–H and O–H groups in total. The lowest BCUT2D eigenvalue weighted by Crippen LogP contribution is -2.46. The highest BCUT2D eigenvalue weighted by atomic mass is 32.2. The molecule has 0 saturated carbocycles. The number of likely N-dealkylation sites (tertiary alicyclic amines) is 1. The summed E-state index contributed by atoms with van der Waals surface area (Å²) in [7, 11) is -1.37. The summed E-state index contributed by atoms with van der Waals surface area (Å²) < 4.78 is 25.0. The number of rotatable bonds is 6. The molecule has 6 heteroatoms. The largest absolute Gasteiger partial charge is 0.396 e. The first-order valence-electron chi connectivity index (χ1n) is 6.30. The molecule has 1 saturated heterocycles. The zero-order chi connectivity index (χ0) is 12.9. The van der Waals surface area contributed by atoms with E-state index in [0.717, 1.165) is 38.9 Å². The number of hydrogen-bond acceptors (Lipinski definition) is 4. The lowest BCUT2D eigenvalue weighted by atomic mass is 10.1. The van der Waals surface area contributed by atoms with Crippen molar-refractivity contribution in [1.29, 1.82) is 0 Å². The summed E-state index contributed by atoms with van der Waals surface area (Å²) in [4.78, 5) is 2.29. The molecule has 0 amide bonds. The molecular formula is C11H24N2O3S. The van der Waals surface area contributed by atoms with Crippen LogP contribution in [0.25, 0.3) is 0 Å². The first-order valence-corrected chi connectivity index (χ1v) is 7.91. The van der Waals surface area contributed by atoms with Gasteiger partial charge in [-0.25, -0.2) is 12.7 Å². The summed E-state index contributed by atoms with van der Waals surface area (Å²) in [5.41, 5.74) is 0. The summed E-state index contributed by atoms with van der Waals surface area (Å²) in [6, 6.07) is 0.144. The molecule has 0 aromatic rings. The van der Waals surface area contributed by atoms with Crippen LogP contribution >= 0.6 is 0 Å². The molecular weight excluding hydrogens is 240 g/mol. The van der Waals surface area contributed by atoms with Gasteiger partial charge < -0.3 is 10.0 Å². The molecule has 0 aromatic carbocycles. The third kappa shape index (κ3) is 4.21. The van der Waals surface area contributed by atoms with E-state index in [1.807, 2.05) is 0 Å². The molecule has 1 heterocycles. The van der Waals surface area contributed by atoms with Crippen LogP contribution in [0, 0.1) is 0 Å². The van der Waals surface area contributed by atoms with Crippen LogP contribution in [0.4, 0.5) is 0 Å². The van der Waals surface area contributed by atoms with E-state index in [9.17, 15) is 8.42 Å². The number of sulfonamides is 1. The number of hydrogen-bond donors (Lipinski definition) is 1. The molecule has 0 bridgehead atoms. The molecule has 1 rings (SSSR count). The van der Waals surface area contributed by atoms with Crippen molar-refractivity contribution in [3.63, 3.8) is 0 Å². The Kier molecular flexibility index (Phi) is 5.85. The smallest absolute Gasteiger partial charge is 0.213 e. The molecule has 1 fully saturated rings. The van der Waals surface area contributed by atoms with Gasteiger partial charge >= 0.3 is 0 Å². The van der Waals surface area contributed by atoms with Gasteiger partial charge in [0.1, 0.15) is 0 Å². The van der Waals surface area contributed by atoms with Gasteiger partial charge in [0.15, 0.2) is 0 Å². The predicted molar refractivity (Wildman–Crippen MR) is 68.4 cm³/mol. The zero-order valence-corrected chi connectivity index (χ0v) is 11.6. The summed E-state index contributed by atoms with van der Waals surface area (Å²) in [6.45, 7) is 4.67. The van der Waals surface area contributed by atoms with E-state index >= 15 is 0 Å². The van der Waals surface area contributed by atoms with Crippen molar-refractivity contribution in [2.24, 2.45) is 0 Å². The van der Waals surface area contributed by atoms with Crippen LogP contribution in [0.1, 0.15) is 26.2 Å². The van der Waals surface area contributed by atoms with E-state index in [1.54, 1.807) is 14.0 Å². The Bertz CT molecular complexity index is 311. The Balaban J connectivity index is 2.41. The average Bonchev–Trinajstić information content (AvgIpc) is 2.36. The second-order valence-corrected chi connectivity index (χ2v) is 6.88. The molecule has 0 aliphatic carbocycles. The van der Waals surface area contributed by atoms with Gasteiger partial charge in [0.05, 0.1) is 5.75 Å². The minimum atomic E-state index is -3.06. The lowest BCUT2D eigenvalue weighted by molar-refractivity contribution is 0.157. The maximum atomic E-state index is 11.7. The van der Waals surface area contributed by atoms with Crippen molar-refractivity contribution >= 4 is 10.0 Å². The van der Waals surface area contributed by atoms with Gasteiger partial charge in [-0.15, -0.1) is 0 Å². The maximum absolute atomic E-state index is 11.7. The van der Waals surface area contributed by atoms with Crippen LogP contribution in [0.15, 0.2) is 0 Å². The summed E-state index contributed by atoms with van der Waals surface area (Å²) in [5, 5.41) is 8.76. The van der Waals surface area contributed by atoms with Crippen LogP contribution in [0.2, 0.25) is 0 Å². The Morgan fingerprint density at radius 1 is 1.35 bits per heavy atom. The number of aliphatic hydroxyl groups is 1. The fourth-order valence-corrected chi connectivity index (χ4v) is 3.30. The zero-order valence-electron chi connectivity index (χ0n) is 10.8. The highest BCUT2D eigenvalue weighted by Gasteiger charge is 2.28. The van der Waals surface area contributed by atoms with E-state index in [0.29, 0.717) is 0 Å². The highest BCUT2D eigenvalue weighted by molar-refractivity contribution is 7.89. The summed E-state index contributed by atoms with van der Waals surface area (Å²) >= 11 is 0. The van der Waals surface area contributed by atoms with Crippen LogP contribution in [0.5, 0.6) is 0 Å². The predicted octanol–water partition coefficient (Wildman–Crippen LogP) is 0.115. The monoisotopic (exact) mass is 264 g/mol. The standard InChI is InChI=1S/C11H24N2O3S/c1-3-17(15,16)12(2)11-5-8-13(9-6-11)7-4-10-14/h11,14H,3-10H2,1-2H3. The summed E-state index contributed by atoms with van der Waals surface area (Å²) in [6.07, 6.45) is 2.58. The minimum absolute atomic E-state index is 0.144. The fourth-order valence-electron chi connectivity index (χ4n) is 2.23. The fraction of sp³-hybridized carbons (Fsp3) is 1.00. The van der Waals surface area contributed by atoms with Crippen molar-refractivity contribution in [3.8, 4) is 0 Å². The van der Waals surface area contributed by atoms with Gasteiger partial charge in [0.2, 0.25) is 10.0 Å². The second-order valence-electron chi connectivity index (χ2n) is 4.57. The highest BCUT2D eigenvalue weighted by Crippen LogP contribution is 2.18. The van der Waals surface area contributed by atoms with Gasteiger partial charge in [-0.2, -0.15) is 0 Å². The van der Waals surface area contributed by atoms with Crippen molar-refractivity contribution in [2.75, 3.05) is 39.0 Å². The number of aliphatic hydroxyl groups excluding tert-OH is 1. The normalized spacial score (nSPS) is 20.0. The van der Waals surface area contributed by atoms with Crippen molar-refractivity contribution in [3.05, 3.63) is 0 Å². The molecule has 0 radical (unpaired) electrons. The van der Waals surface area contributed by atoms with Gasteiger partial charge in [-0.05, 0) is 39.3 Å². The number of piperidine rings is 1. The van der Waals surface area contributed by atoms with Gasteiger partial charge in [-0.3, -0.25) is 0 Å². The molecule has 102 valence electrons. The van der Waals surface area contributed by atoms with E-state index < -0.39 is 10.0 Å². The first-order chi connectivity index (χ1) is 8.01. The molecule has 0 atom stereocenters. The number of nitrogens with zero attached hydrogens (tertiary/aromatic N) is 2. The molecule has 0 unspecified atom stereocenters. The molecule has 0 spiro atoms. The lowest BCUT2D eigenvalue weighted by Gasteiger charge is -2.35. The Morgan fingerprint density at radius 2 is 1.94 bits per heavy atom. The van der Waals surface area contributed by atoms with E-state index in [4.69, 9.17) is 5.11 Å². The molecule has 17 heavy (non-hydrogen) atoms. The van der Waals surface area contributed by atoms with E-state index in [1.165, 1.54) is 4.31 Å². The van der Waals surface area contributed by atoms with Crippen LogP contribution in [-0.2, 0) is 10.0 Å². The van der Waals surface area contributed by atoms with Gasteiger partial charge in [-0.1, -0.05) is 0 Å². The van der Waals surface area contributed by atoms with E-state index in [-0.39, 0.29) is 18.4 Å². The van der Waals surface area contributed by atoms with Crippen molar-refractivity contribution in [1.82, 2.24) is 9.21 Å².